The topological polar surface area (TPSA) is 58.5 Å². The first kappa shape index (κ1) is 20.8. The molecule has 1 aliphatic rings. The number of alkyl halides is 3. The first-order chi connectivity index (χ1) is 11.0. The molecule has 0 radical (unpaired) electrons. The van der Waals surface area contributed by atoms with Gasteiger partial charge in [0.1, 0.15) is 0 Å². The molecular formula is C15H22F3IN4O. The van der Waals surface area contributed by atoms with Gasteiger partial charge in [0.25, 0.3) is 0 Å². The molecule has 9 heteroatoms. The van der Waals surface area contributed by atoms with Gasteiger partial charge >= 0.3 is 6.18 Å². The van der Waals surface area contributed by atoms with Crippen molar-refractivity contribution in [1.82, 2.24) is 15.6 Å². The average Bonchev–Trinajstić information content (AvgIpc) is 3.32. The van der Waals surface area contributed by atoms with Gasteiger partial charge in [-0.25, -0.2) is 9.98 Å². The summed E-state index contributed by atoms with van der Waals surface area (Å²) in [7, 11) is 0. The van der Waals surface area contributed by atoms with Crippen LogP contribution in [0, 0.1) is 5.92 Å². The van der Waals surface area contributed by atoms with Gasteiger partial charge in [-0.2, -0.15) is 13.2 Å². The van der Waals surface area contributed by atoms with Crippen molar-refractivity contribution in [3.05, 3.63) is 23.9 Å². The number of hydrogen-bond acceptors (Lipinski definition) is 3. The molecule has 2 N–H and O–H groups in total. The van der Waals surface area contributed by atoms with Crippen LogP contribution < -0.4 is 15.4 Å². The van der Waals surface area contributed by atoms with Crippen LogP contribution in [0.15, 0.2) is 23.3 Å². The van der Waals surface area contributed by atoms with E-state index < -0.39 is 12.8 Å². The van der Waals surface area contributed by atoms with E-state index in [9.17, 15) is 13.2 Å². The van der Waals surface area contributed by atoms with Gasteiger partial charge in [-0.15, -0.1) is 24.0 Å². The number of pyridine rings is 1. The molecule has 1 aromatic heterocycles. The summed E-state index contributed by atoms with van der Waals surface area (Å²) >= 11 is 0. The zero-order chi connectivity index (χ0) is 16.7. The van der Waals surface area contributed by atoms with Gasteiger partial charge in [-0.05, 0) is 31.2 Å². The second kappa shape index (κ2) is 9.90. The Balaban J connectivity index is 0.00000288. The summed E-state index contributed by atoms with van der Waals surface area (Å²) in [6.07, 6.45) is -0.371. The number of guanidine groups is 1. The van der Waals surface area contributed by atoms with E-state index in [4.69, 9.17) is 0 Å². The molecule has 2 rings (SSSR count). The van der Waals surface area contributed by atoms with Gasteiger partial charge in [0.15, 0.2) is 12.6 Å². The fourth-order valence-corrected chi connectivity index (χ4v) is 1.82. The van der Waals surface area contributed by atoms with Crippen LogP contribution in [-0.2, 0) is 6.54 Å². The van der Waals surface area contributed by atoms with Gasteiger partial charge in [0, 0.05) is 25.4 Å². The van der Waals surface area contributed by atoms with Gasteiger partial charge in [-0.3, -0.25) is 0 Å². The number of hydrogen-bond donors (Lipinski definition) is 2. The van der Waals surface area contributed by atoms with E-state index in [1.165, 1.54) is 25.1 Å². The fraction of sp³-hybridized carbons (Fsp3) is 0.600. The summed E-state index contributed by atoms with van der Waals surface area (Å²) in [6.45, 7) is 2.72. The molecule has 0 atom stereocenters. The largest absolute Gasteiger partial charge is 0.468 e. The third-order valence-corrected chi connectivity index (χ3v) is 3.20. The summed E-state index contributed by atoms with van der Waals surface area (Å²) in [5.74, 6) is 1.43. The minimum Gasteiger partial charge on any atom is -0.468 e. The van der Waals surface area contributed by atoms with Gasteiger partial charge in [-0.1, -0.05) is 6.07 Å². The van der Waals surface area contributed by atoms with Crippen molar-refractivity contribution in [2.75, 3.05) is 19.7 Å². The monoisotopic (exact) mass is 458 g/mol. The zero-order valence-electron chi connectivity index (χ0n) is 13.4. The quantitative estimate of drug-likeness (QED) is 0.375. The molecule has 0 saturated heterocycles. The Labute approximate surface area is 156 Å². The minimum atomic E-state index is -4.36. The molecule has 0 aliphatic heterocycles. The Morgan fingerprint density at radius 3 is 2.62 bits per heavy atom. The lowest BCUT2D eigenvalue weighted by molar-refractivity contribution is -0.154. The summed E-state index contributed by atoms with van der Waals surface area (Å²) < 4.78 is 40.7. The van der Waals surface area contributed by atoms with E-state index in [-0.39, 0.29) is 29.9 Å². The van der Waals surface area contributed by atoms with Crippen molar-refractivity contribution >= 4 is 29.9 Å². The second-order valence-electron chi connectivity index (χ2n) is 5.43. The van der Waals surface area contributed by atoms with E-state index in [0.29, 0.717) is 6.54 Å². The molecule has 0 bridgehead atoms. The maximum atomic E-state index is 12.1. The highest BCUT2D eigenvalue weighted by Gasteiger charge is 2.28. The van der Waals surface area contributed by atoms with Crippen molar-refractivity contribution in [3.8, 4) is 5.88 Å². The van der Waals surface area contributed by atoms with Crippen molar-refractivity contribution in [3.63, 3.8) is 0 Å². The van der Waals surface area contributed by atoms with Gasteiger partial charge in [0.2, 0.25) is 5.88 Å². The Hall–Kier alpha value is -1.26. The smallest absolute Gasteiger partial charge is 0.422 e. The average molecular weight is 458 g/mol. The number of aromatic nitrogens is 1. The number of aliphatic imine (C=N–C) groups is 1. The lowest BCUT2D eigenvalue weighted by atomic mass is 10.3. The number of nitrogens with zero attached hydrogens (tertiary/aromatic N) is 2. The van der Waals surface area contributed by atoms with Crippen molar-refractivity contribution in [1.29, 1.82) is 0 Å². The number of rotatable bonds is 7. The summed E-state index contributed by atoms with van der Waals surface area (Å²) in [5, 5.41) is 6.42. The molecule has 24 heavy (non-hydrogen) atoms. The Morgan fingerprint density at radius 1 is 1.33 bits per heavy atom. The summed E-state index contributed by atoms with van der Waals surface area (Å²) in [6, 6.07) is 3.08. The lowest BCUT2D eigenvalue weighted by Crippen LogP contribution is -2.38. The molecule has 0 amide bonds. The van der Waals surface area contributed by atoms with Crippen LogP contribution in [0.4, 0.5) is 13.2 Å². The Kier molecular flexibility index (Phi) is 8.57. The van der Waals surface area contributed by atoms with E-state index >= 15 is 0 Å². The SMILES string of the molecule is CCNC(=NCc1ccc(OCC(F)(F)F)nc1)NCC1CC1.I. The Morgan fingerprint density at radius 2 is 2.08 bits per heavy atom. The van der Waals surface area contributed by atoms with Crippen LogP contribution in [0.5, 0.6) is 5.88 Å². The van der Waals surface area contributed by atoms with Crippen LogP contribution in [0.3, 0.4) is 0 Å². The molecule has 1 fully saturated rings. The molecule has 1 heterocycles. The standard InChI is InChI=1S/C15H21F3N4O.HI/c1-2-19-14(21-7-11-3-4-11)22-9-12-5-6-13(20-8-12)23-10-15(16,17)18;/h5-6,8,11H,2-4,7,9-10H2,1H3,(H2,19,21,22);1H. The van der Waals surface area contributed by atoms with E-state index in [1.54, 1.807) is 6.07 Å². The van der Waals surface area contributed by atoms with Gasteiger partial charge in [0.05, 0.1) is 6.54 Å². The van der Waals surface area contributed by atoms with Crippen LogP contribution in [-0.4, -0.2) is 36.8 Å². The maximum Gasteiger partial charge on any atom is 0.422 e. The predicted octanol–water partition coefficient (Wildman–Crippen LogP) is 3.11. The Bertz CT molecular complexity index is 518. The molecule has 0 unspecified atom stereocenters. The predicted molar refractivity (Wildman–Crippen MR) is 96.7 cm³/mol. The lowest BCUT2D eigenvalue weighted by Gasteiger charge is -2.11. The van der Waals surface area contributed by atoms with Crippen LogP contribution in [0.2, 0.25) is 0 Å². The minimum absolute atomic E-state index is 0. The number of halogens is 4. The molecule has 0 aromatic carbocycles. The van der Waals surface area contributed by atoms with E-state index in [1.807, 2.05) is 6.92 Å². The summed E-state index contributed by atoms with van der Waals surface area (Å²) in [5.41, 5.74) is 0.799. The van der Waals surface area contributed by atoms with Crippen LogP contribution in [0.25, 0.3) is 0 Å². The molecule has 1 saturated carbocycles. The van der Waals surface area contributed by atoms with Crippen molar-refractivity contribution < 1.29 is 17.9 Å². The third kappa shape index (κ3) is 8.55. The molecule has 5 nitrogen and oxygen atoms in total. The van der Waals surface area contributed by atoms with E-state index in [0.717, 1.165) is 30.5 Å². The highest BCUT2D eigenvalue weighted by molar-refractivity contribution is 14.0. The van der Waals surface area contributed by atoms with Crippen molar-refractivity contribution in [2.45, 2.75) is 32.5 Å². The van der Waals surface area contributed by atoms with Crippen molar-refractivity contribution in [2.24, 2.45) is 10.9 Å². The highest BCUT2D eigenvalue weighted by Crippen LogP contribution is 2.27. The van der Waals surface area contributed by atoms with E-state index in [2.05, 4.69) is 25.3 Å². The second-order valence-corrected chi connectivity index (χ2v) is 5.43. The third-order valence-electron chi connectivity index (χ3n) is 3.20. The first-order valence-corrected chi connectivity index (χ1v) is 7.63. The normalized spacial score (nSPS) is 14.8. The number of nitrogens with one attached hydrogen (secondary N) is 2. The van der Waals surface area contributed by atoms with Crippen LogP contribution >= 0.6 is 24.0 Å². The summed E-state index contributed by atoms with van der Waals surface area (Å²) in [4.78, 5) is 8.29. The fourth-order valence-electron chi connectivity index (χ4n) is 1.82. The highest BCUT2D eigenvalue weighted by atomic mass is 127. The molecule has 1 aromatic rings. The molecule has 1 aliphatic carbocycles. The molecule has 0 spiro atoms. The molecular weight excluding hydrogens is 436 g/mol. The molecule has 136 valence electrons. The van der Waals surface area contributed by atoms with Gasteiger partial charge < -0.3 is 15.4 Å². The van der Waals surface area contributed by atoms with Crippen LogP contribution in [0.1, 0.15) is 25.3 Å². The number of ether oxygens (including phenoxy) is 1. The first-order valence-electron chi connectivity index (χ1n) is 7.63. The maximum absolute atomic E-state index is 12.1. The zero-order valence-corrected chi connectivity index (χ0v) is 15.7.